The smallest absolute Gasteiger partial charge is 0.0916 e. The zero-order valence-electron chi connectivity index (χ0n) is 13.7. The first-order valence-electron chi connectivity index (χ1n) is 8.57. The summed E-state index contributed by atoms with van der Waals surface area (Å²) in [5.41, 5.74) is 1.32. The van der Waals surface area contributed by atoms with E-state index in [1.165, 1.54) is 19.3 Å². The highest BCUT2D eigenvalue weighted by molar-refractivity contribution is 5.17. The average Bonchev–Trinajstić information content (AvgIpc) is 2.69. The third-order valence-corrected chi connectivity index (χ3v) is 5.45. The van der Waals surface area contributed by atoms with Gasteiger partial charge in [0.2, 0.25) is 0 Å². The minimum absolute atomic E-state index is 0.290. The number of rotatable bonds is 3. The van der Waals surface area contributed by atoms with Crippen LogP contribution in [-0.4, -0.2) is 66.8 Å². The van der Waals surface area contributed by atoms with Crippen LogP contribution in [0.15, 0.2) is 30.3 Å². The van der Waals surface area contributed by atoms with Gasteiger partial charge in [0.15, 0.2) is 0 Å². The van der Waals surface area contributed by atoms with Crippen LogP contribution in [0.5, 0.6) is 0 Å². The van der Waals surface area contributed by atoms with Crippen molar-refractivity contribution in [3.8, 4) is 0 Å². The number of piperidine rings is 1. The largest absolute Gasteiger partial charge is 0.387 e. The van der Waals surface area contributed by atoms with E-state index in [0.29, 0.717) is 0 Å². The van der Waals surface area contributed by atoms with Gasteiger partial charge in [-0.1, -0.05) is 30.3 Å². The predicted molar refractivity (Wildman–Crippen MR) is 89.9 cm³/mol. The van der Waals surface area contributed by atoms with E-state index in [1.807, 2.05) is 30.3 Å². The monoisotopic (exact) mass is 303 g/mol. The number of β-amino-alcohol motifs (C(OH)–C–C–N with tert-alkyl or cyclic N) is 1. The first-order chi connectivity index (χ1) is 10.7. The minimum atomic E-state index is -0.386. The Morgan fingerprint density at radius 3 is 2.64 bits per heavy atom. The molecule has 1 unspecified atom stereocenters. The van der Waals surface area contributed by atoms with Crippen molar-refractivity contribution < 1.29 is 5.11 Å². The number of hydrogen-bond donors (Lipinski definition) is 2. The van der Waals surface area contributed by atoms with Gasteiger partial charge in [-0.25, -0.2) is 0 Å². The second kappa shape index (κ2) is 7.09. The Hall–Kier alpha value is -0.940. The van der Waals surface area contributed by atoms with Gasteiger partial charge in [-0.3, -0.25) is 9.80 Å². The maximum absolute atomic E-state index is 10.5. The van der Waals surface area contributed by atoms with Gasteiger partial charge in [-0.05, 0) is 58.1 Å². The van der Waals surface area contributed by atoms with Crippen molar-refractivity contribution >= 4 is 0 Å². The average molecular weight is 303 g/mol. The molecule has 2 aliphatic heterocycles. The molecule has 0 aromatic heterocycles. The summed E-state index contributed by atoms with van der Waals surface area (Å²) < 4.78 is 0. The first kappa shape index (κ1) is 15.9. The maximum atomic E-state index is 10.5. The number of nitrogens with one attached hydrogen (secondary N) is 1. The second-order valence-electron chi connectivity index (χ2n) is 6.91. The zero-order valence-corrected chi connectivity index (χ0v) is 13.7. The van der Waals surface area contributed by atoms with Crippen molar-refractivity contribution in [1.82, 2.24) is 15.1 Å². The molecular weight excluding hydrogens is 274 g/mol. The van der Waals surface area contributed by atoms with Gasteiger partial charge < -0.3 is 10.4 Å². The third kappa shape index (κ3) is 3.51. The first-order valence-corrected chi connectivity index (χ1v) is 8.57. The third-order valence-electron chi connectivity index (χ3n) is 5.45. The summed E-state index contributed by atoms with van der Waals surface area (Å²) in [4.78, 5) is 5.05. The predicted octanol–water partition coefficient (Wildman–Crippen LogP) is 1.48. The zero-order chi connectivity index (χ0) is 15.4. The number of aliphatic hydroxyl groups is 1. The highest BCUT2D eigenvalue weighted by Crippen LogP contribution is 2.29. The molecule has 1 atom stereocenters. The Labute approximate surface area is 134 Å². The molecule has 0 radical (unpaired) electrons. The quantitative estimate of drug-likeness (QED) is 0.887. The molecular formula is C18H29N3O. The van der Waals surface area contributed by atoms with Gasteiger partial charge in [0.1, 0.15) is 0 Å². The Kier molecular flexibility index (Phi) is 5.14. The van der Waals surface area contributed by atoms with Gasteiger partial charge >= 0.3 is 0 Å². The van der Waals surface area contributed by atoms with Crippen LogP contribution in [-0.2, 0) is 0 Å². The molecule has 0 saturated carbocycles. The van der Waals surface area contributed by atoms with Gasteiger partial charge in [0.25, 0.3) is 0 Å². The fourth-order valence-electron chi connectivity index (χ4n) is 4.00. The summed E-state index contributed by atoms with van der Waals surface area (Å²) >= 11 is 0. The maximum Gasteiger partial charge on any atom is 0.0916 e. The molecule has 2 heterocycles. The number of aliphatic hydroxyl groups excluding tert-OH is 1. The lowest BCUT2D eigenvalue weighted by atomic mass is 9.86. The molecule has 2 aliphatic rings. The van der Waals surface area contributed by atoms with E-state index < -0.39 is 0 Å². The molecule has 3 rings (SSSR count). The molecule has 2 fully saturated rings. The molecule has 2 N–H and O–H groups in total. The standard InChI is InChI=1S/C18H29N3O/c1-20-12-5-13-21(15-18(20)8-10-19-11-9-18)14-17(22)16-6-3-2-4-7-16/h2-4,6-7,17,19,22H,5,8-15H2,1H3. The van der Waals surface area contributed by atoms with Crippen LogP contribution in [0.2, 0.25) is 0 Å². The van der Waals surface area contributed by atoms with Crippen LogP contribution < -0.4 is 5.32 Å². The molecule has 1 spiro atoms. The normalized spacial score (nSPS) is 25.0. The van der Waals surface area contributed by atoms with Crippen LogP contribution in [0, 0.1) is 0 Å². The van der Waals surface area contributed by atoms with Gasteiger partial charge in [0, 0.05) is 18.6 Å². The molecule has 0 amide bonds. The van der Waals surface area contributed by atoms with Gasteiger partial charge in [-0.2, -0.15) is 0 Å². The van der Waals surface area contributed by atoms with E-state index in [2.05, 4.69) is 22.2 Å². The lowest BCUT2D eigenvalue weighted by Gasteiger charge is -2.45. The molecule has 4 nitrogen and oxygen atoms in total. The van der Waals surface area contributed by atoms with Crippen LogP contribution in [0.3, 0.4) is 0 Å². The highest BCUT2D eigenvalue weighted by atomic mass is 16.3. The summed E-state index contributed by atoms with van der Waals surface area (Å²) in [5, 5.41) is 14.0. The molecule has 122 valence electrons. The van der Waals surface area contributed by atoms with Crippen LogP contribution in [0.4, 0.5) is 0 Å². The van der Waals surface area contributed by atoms with Crippen molar-refractivity contribution in [2.45, 2.75) is 30.9 Å². The Bertz CT molecular complexity index is 459. The number of hydrogen-bond acceptors (Lipinski definition) is 4. The van der Waals surface area contributed by atoms with E-state index in [0.717, 1.165) is 44.8 Å². The highest BCUT2D eigenvalue weighted by Gasteiger charge is 2.39. The lowest BCUT2D eigenvalue weighted by molar-refractivity contribution is 0.0466. The lowest BCUT2D eigenvalue weighted by Crippen LogP contribution is -2.57. The summed E-state index contributed by atoms with van der Waals surface area (Å²) in [6.45, 7) is 6.29. The van der Waals surface area contributed by atoms with E-state index >= 15 is 0 Å². The van der Waals surface area contributed by atoms with Crippen LogP contribution in [0.1, 0.15) is 30.9 Å². The Balaban J connectivity index is 1.68. The van der Waals surface area contributed by atoms with Crippen LogP contribution >= 0.6 is 0 Å². The molecule has 0 aliphatic carbocycles. The number of likely N-dealkylation sites (N-methyl/N-ethyl adjacent to an activating group) is 1. The second-order valence-corrected chi connectivity index (χ2v) is 6.91. The van der Waals surface area contributed by atoms with Crippen molar-refractivity contribution in [3.63, 3.8) is 0 Å². The molecule has 1 aromatic rings. The van der Waals surface area contributed by atoms with E-state index in [-0.39, 0.29) is 11.6 Å². The molecule has 4 heteroatoms. The number of nitrogens with zero attached hydrogens (tertiary/aromatic N) is 2. The summed E-state index contributed by atoms with van der Waals surface area (Å²) in [5.74, 6) is 0. The van der Waals surface area contributed by atoms with E-state index in [4.69, 9.17) is 0 Å². The summed E-state index contributed by atoms with van der Waals surface area (Å²) in [6, 6.07) is 10.1. The Morgan fingerprint density at radius 1 is 1.18 bits per heavy atom. The molecule has 0 bridgehead atoms. The fraction of sp³-hybridized carbons (Fsp3) is 0.667. The summed E-state index contributed by atoms with van der Waals surface area (Å²) in [7, 11) is 2.28. The van der Waals surface area contributed by atoms with Crippen molar-refractivity contribution in [2.75, 3.05) is 46.3 Å². The van der Waals surface area contributed by atoms with Crippen LogP contribution in [0.25, 0.3) is 0 Å². The van der Waals surface area contributed by atoms with Crippen molar-refractivity contribution in [2.24, 2.45) is 0 Å². The van der Waals surface area contributed by atoms with Crippen molar-refractivity contribution in [3.05, 3.63) is 35.9 Å². The minimum Gasteiger partial charge on any atom is -0.387 e. The Morgan fingerprint density at radius 2 is 1.91 bits per heavy atom. The molecule has 1 aromatic carbocycles. The fourth-order valence-corrected chi connectivity index (χ4v) is 4.00. The SMILES string of the molecule is CN1CCCN(CC(O)c2ccccc2)CC12CCNCC2. The van der Waals surface area contributed by atoms with E-state index in [9.17, 15) is 5.11 Å². The molecule has 22 heavy (non-hydrogen) atoms. The molecule has 2 saturated heterocycles. The summed E-state index contributed by atoms with van der Waals surface area (Å²) in [6.07, 6.45) is 3.22. The topological polar surface area (TPSA) is 38.7 Å². The van der Waals surface area contributed by atoms with Gasteiger partial charge in [-0.15, -0.1) is 0 Å². The van der Waals surface area contributed by atoms with Crippen molar-refractivity contribution in [1.29, 1.82) is 0 Å². The van der Waals surface area contributed by atoms with E-state index in [1.54, 1.807) is 0 Å². The van der Waals surface area contributed by atoms with Gasteiger partial charge in [0.05, 0.1) is 6.10 Å². The number of benzene rings is 1.